The number of hydrogen-bond donors (Lipinski definition) is 0. The summed E-state index contributed by atoms with van der Waals surface area (Å²) in [5, 5.41) is 0. The molecule has 0 fully saturated rings. The van der Waals surface area contributed by atoms with Gasteiger partial charge in [-0.2, -0.15) is 0 Å². The van der Waals surface area contributed by atoms with E-state index in [1.54, 1.807) is 4.90 Å². The van der Waals surface area contributed by atoms with Crippen molar-refractivity contribution in [2.75, 3.05) is 33.7 Å². The van der Waals surface area contributed by atoms with Gasteiger partial charge >= 0.3 is 0 Å². The molecule has 0 atom stereocenters. The summed E-state index contributed by atoms with van der Waals surface area (Å²) in [6, 6.07) is 3.69. The molecule has 112 valence electrons. The van der Waals surface area contributed by atoms with Crippen molar-refractivity contribution >= 4 is 5.91 Å². The number of likely N-dealkylation sites (N-methyl/N-ethyl adjacent to an activating group) is 1. The molecule has 1 aromatic carbocycles. The molecule has 0 aliphatic heterocycles. The Labute approximate surface area is 119 Å². The summed E-state index contributed by atoms with van der Waals surface area (Å²) < 4.78 is 26.9. The standard InChI is InChI=1S/C15H22F2N2O/c1-11(2)10-19(9-8-18(3)4)15(20)12-6-5-7-13(16)14(12)17/h5-7,11H,8-10H2,1-4H3. The van der Waals surface area contributed by atoms with Gasteiger partial charge < -0.3 is 9.80 Å². The van der Waals surface area contributed by atoms with Gasteiger partial charge in [-0.15, -0.1) is 0 Å². The van der Waals surface area contributed by atoms with Gasteiger partial charge in [0.1, 0.15) is 0 Å². The van der Waals surface area contributed by atoms with E-state index in [0.29, 0.717) is 19.6 Å². The maximum atomic E-state index is 13.7. The molecule has 1 amide bonds. The normalized spacial score (nSPS) is 11.2. The summed E-state index contributed by atoms with van der Waals surface area (Å²) in [4.78, 5) is 15.9. The fourth-order valence-electron chi connectivity index (χ4n) is 1.88. The van der Waals surface area contributed by atoms with Gasteiger partial charge in [-0.05, 0) is 32.1 Å². The van der Waals surface area contributed by atoms with Gasteiger partial charge in [-0.25, -0.2) is 8.78 Å². The van der Waals surface area contributed by atoms with Crippen LogP contribution in [0.4, 0.5) is 8.78 Å². The highest BCUT2D eigenvalue weighted by Crippen LogP contribution is 2.14. The lowest BCUT2D eigenvalue weighted by Crippen LogP contribution is -2.39. The van der Waals surface area contributed by atoms with E-state index >= 15 is 0 Å². The van der Waals surface area contributed by atoms with Gasteiger partial charge in [0.2, 0.25) is 0 Å². The fraction of sp³-hybridized carbons (Fsp3) is 0.533. The minimum atomic E-state index is -1.07. The first-order valence-corrected chi connectivity index (χ1v) is 6.71. The molecule has 0 bridgehead atoms. The van der Waals surface area contributed by atoms with Gasteiger partial charge in [-0.3, -0.25) is 4.79 Å². The van der Waals surface area contributed by atoms with E-state index in [1.165, 1.54) is 12.1 Å². The van der Waals surface area contributed by atoms with E-state index in [4.69, 9.17) is 0 Å². The van der Waals surface area contributed by atoms with E-state index in [-0.39, 0.29) is 11.5 Å². The predicted molar refractivity (Wildman–Crippen MR) is 75.7 cm³/mol. The summed E-state index contributed by atoms with van der Waals surface area (Å²) in [5.74, 6) is -2.26. The largest absolute Gasteiger partial charge is 0.337 e. The lowest BCUT2D eigenvalue weighted by atomic mass is 10.1. The molecule has 0 saturated heterocycles. The van der Waals surface area contributed by atoms with Gasteiger partial charge in [0.25, 0.3) is 5.91 Å². The third-order valence-electron chi connectivity index (χ3n) is 2.87. The Hall–Kier alpha value is -1.49. The van der Waals surface area contributed by atoms with Crippen LogP contribution in [0.15, 0.2) is 18.2 Å². The second kappa shape index (κ2) is 7.33. The highest BCUT2D eigenvalue weighted by atomic mass is 19.2. The van der Waals surface area contributed by atoms with Gasteiger partial charge in [-0.1, -0.05) is 19.9 Å². The quantitative estimate of drug-likeness (QED) is 0.801. The third kappa shape index (κ3) is 4.56. The van der Waals surface area contributed by atoms with Crippen LogP contribution in [0.1, 0.15) is 24.2 Å². The Balaban J connectivity index is 2.94. The molecule has 0 N–H and O–H groups in total. The van der Waals surface area contributed by atoms with Crippen molar-refractivity contribution in [1.29, 1.82) is 0 Å². The number of hydrogen-bond acceptors (Lipinski definition) is 2. The number of benzene rings is 1. The van der Waals surface area contributed by atoms with E-state index < -0.39 is 17.5 Å². The Morgan fingerprint density at radius 3 is 2.40 bits per heavy atom. The molecule has 0 unspecified atom stereocenters. The molecule has 3 nitrogen and oxygen atoms in total. The van der Waals surface area contributed by atoms with Crippen molar-refractivity contribution in [2.24, 2.45) is 5.92 Å². The van der Waals surface area contributed by atoms with E-state index in [0.717, 1.165) is 6.07 Å². The molecule has 1 rings (SSSR count). The van der Waals surface area contributed by atoms with Crippen molar-refractivity contribution in [2.45, 2.75) is 13.8 Å². The maximum absolute atomic E-state index is 13.7. The van der Waals surface area contributed by atoms with Crippen LogP contribution in [0.5, 0.6) is 0 Å². The molecule has 20 heavy (non-hydrogen) atoms. The van der Waals surface area contributed by atoms with E-state index in [2.05, 4.69) is 0 Å². The lowest BCUT2D eigenvalue weighted by molar-refractivity contribution is 0.0719. The Bertz CT molecular complexity index is 461. The number of nitrogens with zero attached hydrogens (tertiary/aromatic N) is 2. The monoisotopic (exact) mass is 284 g/mol. The first-order chi connectivity index (χ1) is 9.32. The molecule has 0 spiro atoms. The maximum Gasteiger partial charge on any atom is 0.256 e. The summed E-state index contributed by atoms with van der Waals surface area (Å²) in [6.07, 6.45) is 0. The Kier molecular flexibility index (Phi) is 6.07. The number of rotatable bonds is 6. The molecule has 0 aromatic heterocycles. The summed E-state index contributed by atoms with van der Waals surface area (Å²) in [5.41, 5.74) is -0.204. The van der Waals surface area contributed by atoms with E-state index in [9.17, 15) is 13.6 Å². The molecule has 0 aliphatic carbocycles. The molecule has 0 saturated carbocycles. The van der Waals surface area contributed by atoms with Gasteiger partial charge in [0.15, 0.2) is 11.6 Å². The van der Waals surface area contributed by atoms with Crippen LogP contribution in [-0.2, 0) is 0 Å². The molecular weight excluding hydrogens is 262 g/mol. The van der Waals surface area contributed by atoms with Crippen LogP contribution in [0.25, 0.3) is 0 Å². The topological polar surface area (TPSA) is 23.6 Å². The first-order valence-electron chi connectivity index (χ1n) is 6.71. The van der Waals surface area contributed by atoms with Crippen LogP contribution in [-0.4, -0.2) is 49.4 Å². The second-order valence-corrected chi connectivity index (χ2v) is 5.55. The molecule has 0 heterocycles. The van der Waals surface area contributed by atoms with Gasteiger partial charge in [0.05, 0.1) is 5.56 Å². The minimum Gasteiger partial charge on any atom is -0.337 e. The fourth-order valence-corrected chi connectivity index (χ4v) is 1.88. The minimum absolute atomic E-state index is 0.204. The zero-order valence-electron chi connectivity index (χ0n) is 12.5. The summed E-state index contributed by atoms with van der Waals surface area (Å²) >= 11 is 0. The van der Waals surface area contributed by atoms with Gasteiger partial charge in [0, 0.05) is 19.6 Å². The van der Waals surface area contributed by atoms with Crippen molar-refractivity contribution < 1.29 is 13.6 Å². The van der Waals surface area contributed by atoms with Crippen LogP contribution >= 0.6 is 0 Å². The molecule has 0 aliphatic rings. The van der Waals surface area contributed by atoms with Crippen LogP contribution in [0.3, 0.4) is 0 Å². The SMILES string of the molecule is CC(C)CN(CCN(C)C)C(=O)c1cccc(F)c1F. The second-order valence-electron chi connectivity index (χ2n) is 5.55. The zero-order chi connectivity index (χ0) is 15.3. The lowest BCUT2D eigenvalue weighted by Gasteiger charge is -2.26. The summed E-state index contributed by atoms with van der Waals surface area (Å²) in [6.45, 7) is 5.65. The van der Waals surface area contributed by atoms with E-state index in [1.807, 2.05) is 32.8 Å². The molecular formula is C15H22F2N2O. The highest BCUT2D eigenvalue weighted by Gasteiger charge is 2.21. The van der Waals surface area contributed by atoms with Crippen molar-refractivity contribution in [3.05, 3.63) is 35.4 Å². The number of halogens is 2. The Morgan fingerprint density at radius 1 is 1.20 bits per heavy atom. The Morgan fingerprint density at radius 2 is 1.85 bits per heavy atom. The highest BCUT2D eigenvalue weighted by molar-refractivity contribution is 5.94. The number of carbonyl (C=O) groups is 1. The van der Waals surface area contributed by atoms with Crippen LogP contribution in [0, 0.1) is 17.6 Å². The molecule has 0 radical (unpaired) electrons. The van der Waals surface area contributed by atoms with Crippen molar-refractivity contribution in [3.63, 3.8) is 0 Å². The average Bonchev–Trinajstić information content (AvgIpc) is 2.36. The zero-order valence-corrected chi connectivity index (χ0v) is 12.5. The van der Waals surface area contributed by atoms with Crippen LogP contribution < -0.4 is 0 Å². The average molecular weight is 284 g/mol. The smallest absolute Gasteiger partial charge is 0.256 e. The summed E-state index contributed by atoms with van der Waals surface area (Å²) in [7, 11) is 3.81. The number of carbonyl (C=O) groups excluding carboxylic acids is 1. The first kappa shape index (κ1) is 16.6. The van der Waals surface area contributed by atoms with Crippen molar-refractivity contribution in [3.8, 4) is 0 Å². The molecule has 5 heteroatoms. The number of amides is 1. The van der Waals surface area contributed by atoms with Crippen LogP contribution in [0.2, 0.25) is 0 Å². The molecule has 1 aromatic rings. The predicted octanol–water partition coefficient (Wildman–Crippen LogP) is 2.62. The van der Waals surface area contributed by atoms with Crippen molar-refractivity contribution in [1.82, 2.24) is 9.80 Å². The third-order valence-corrected chi connectivity index (χ3v) is 2.87.